The molecular weight excluding hydrogens is 466 g/mol. The van der Waals surface area contributed by atoms with E-state index in [0.717, 1.165) is 9.87 Å². The quantitative estimate of drug-likeness (QED) is 0.504. The topological polar surface area (TPSA) is 144 Å². The van der Waals surface area contributed by atoms with Crippen molar-refractivity contribution in [2.45, 2.75) is 24.8 Å². The highest BCUT2D eigenvalue weighted by molar-refractivity contribution is 7.89. The van der Waals surface area contributed by atoms with Gasteiger partial charge in [-0.3, -0.25) is 4.79 Å². The zero-order valence-electron chi connectivity index (χ0n) is 18.9. The van der Waals surface area contributed by atoms with E-state index in [0.29, 0.717) is 0 Å². The second kappa shape index (κ2) is 10.5. The maximum Gasteiger partial charge on any atom is 0.338 e. The lowest BCUT2D eigenvalue weighted by Crippen LogP contribution is -2.47. The molecule has 1 aromatic heterocycles. The first-order chi connectivity index (χ1) is 16.1. The number of ether oxygens (including phenoxy) is 2. The number of rotatable bonds is 9. The summed E-state index contributed by atoms with van der Waals surface area (Å²) in [6.07, 6.45) is 1.39. The van der Waals surface area contributed by atoms with Gasteiger partial charge in [-0.15, -0.1) is 0 Å². The molecule has 0 saturated carbocycles. The normalized spacial score (nSPS) is 16.1. The van der Waals surface area contributed by atoms with Gasteiger partial charge in [0.2, 0.25) is 10.0 Å². The average molecular weight is 492 g/mol. The molecule has 11 nitrogen and oxygen atoms in total. The Hall–Kier alpha value is -3.64. The molecule has 0 spiro atoms. The van der Waals surface area contributed by atoms with Crippen molar-refractivity contribution in [1.82, 2.24) is 14.9 Å². The number of likely N-dealkylation sites (N-methyl/N-ethyl adjacent to an activating group) is 1. The highest BCUT2D eigenvalue weighted by Gasteiger charge is 2.36. The van der Waals surface area contributed by atoms with E-state index in [4.69, 9.17) is 13.9 Å². The number of nitrogens with one attached hydrogen (secondary N) is 2. The Kier molecular flexibility index (Phi) is 7.74. The number of carbonyl (C=O) groups is 3. The van der Waals surface area contributed by atoms with Gasteiger partial charge in [0, 0.05) is 7.05 Å². The third kappa shape index (κ3) is 5.64. The van der Waals surface area contributed by atoms with Crippen LogP contribution in [0.4, 0.5) is 4.79 Å². The number of aryl methyl sites for hydroxylation is 1. The van der Waals surface area contributed by atoms with Gasteiger partial charge in [-0.2, -0.15) is 4.31 Å². The molecule has 0 bridgehead atoms. The number of esters is 2. The number of sulfonamides is 1. The molecule has 2 aromatic rings. The maximum absolute atomic E-state index is 12.7. The summed E-state index contributed by atoms with van der Waals surface area (Å²) in [7, 11) is -2.67. The van der Waals surface area contributed by atoms with Crippen LogP contribution >= 0.6 is 0 Å². The fourth-order valence-electron chi connectivity index (χ4n) is 3.21. The Morgan fingerprint density at radius 2 is 1.85 bits per heavy atom. The zero-order chi connectivity index (χ0) is 24.9. The van der Waals surface area contributed by atoms with Crippen LogP contribution < -0.4 is 10.6 Å². The van der Waals surface area contributed by atoms with Crippen molar-refractivity contribution in [1.29, 1.82) is 0 Å². The van der Waals surface area contributed by atoms with Crippen LogP contribution in [0.3, 0.4) is 0 Å². The van der Waals surface area contributed by atoms with Crippen molar-refractivity contribution in [2.24, 2.45) is 0 Å². The van der Waals surface area contributed by atoms with E-state index in [1.54, 1.807) is 31.2 Å². The summed E-state index contributed by atoms with van der Waals surface area (Å²) in [5.74, 6) is -1.33. The van der Waals surface area contributed by atoms with Crippen molar-refractivity contribution in [2.75, 3.05) is 26.8 Å². The summed E-state index contributed by atoms with van der Waals surface area (Å²) in [5.41, 5.74) is 0.898. The number of furan rings is 1. The molecule has 3 rings (SSSR count). The third-order valence-corrected chi connectivity index (χ3v) is 6.75. The van der Waals surface area contributed by atoms with Crippen LogP contribution in [-0.2, 0) is 29.1 Å². The van der Waals surface area contributed by atoms with E-state index in [-0.39, 0.29) is 28.5 Å². The van der Waals surface area contributed by atoms with E-state index in [1.165, 1.54) is 25.4 Å². The molecule has 2 amide bonds. The van der Waals surface area contributed by atoms with E-state index in [9.17, 15) is 22.8 Å². The van der Waals surface area contributed by atoms with Crippen LogP contribution in [0.25, 0.3) is 0 Å². The Bertz CT molecular complexity index is 1190. The second-order valence-electron chi connectivity index (χ2n) is 7.39. The van der Waals surface area contributed by atoms with Crippen LogP contribution in [0.2, 0.25) is 0 Å². The standard InChI is InChI=1S/C22H25N3O8S/c1-4-31-21(27)19-16(23-22(28)24-20(19)17-6-5-11-32-17)13-33-18(26)12-25(3)34(29,30)15-9-7-14(2)8-10-15/h5-11,20H,4,12-13H2,1-3H3,(H2,23,24,28)/t20-/m0/s1. The molecular formula is C22H25N3O8S. The van der Waals surface area contributed by atoms with Gasteiger partial charge in [0.15, 0.2) is 0 Å². The summed E-state index contributed by atoms with van der Waals surface area (Å²) < 4.78 is 41.8. The SMILES string of the molecule is CCOC(=O)C1=C(COC(=O)CN(C)S(=O)(=O)c2ccc(C)cc2)NC(=O)N[C@H]1c1ccco1. The van der Waals surface area contributed by atoms with Crippen molar-refractivity contribution >= 4 is 28.0 Å². The van der Waals surface area contributed by atoms with Gasteiger partial charge < -0.3 is 24.5 Å². The first-order valence-electron chi connectivity index (χ1n) is 10.3. The Morgan fingerprint density at radius 1 is 1.15 bits per heavy atom. The van der Waals surface area contributed by atoms with Crippen LogP contribution in [0.15, 0.2) is 63.2 Å². The summed E-state index contributed by atoms with van der Waals surface area (Å²) in [6, 6.07) is 7.76. The Labute approximate surface area is 196 Å². The van der Waals surface area contributed by atoms with E-state index >= 15 is 0 Å². The Balaban J connectivity index is 1.76. The van der Waals surface area contributed by atoms with Crippen LogP contribution in [0.5, 0.6) is 0 Å². The first kappa shape index (κ1) is 25.0. The molecule has 0 radical (unpaired) electrons. The van der Waals surface area contributed by atoms with Crippen LogP contribution in [0.1, 0.15) is 24.3 Å². The number of amides is 2. The lowest BCUT2D eigenvalue weighted by atomic mass is 10.0. The molecule has 34 heavy (non-hydrogen) atoms. The van der Waals surface area contributed by atoms with Gasteiger partial charge in [0.1, 0.15) is 25.0 Å². The highest BCUT2D eigenvalue weighted by Crippen LogP contribution is 2.28. The van der Waals surface area contributed by atoms with Crippen molar-refractivity contribution in [3.05, 3.63) is 65.3 Å². The molecule has 0 fully saturated rings. The number of nitrogens with zero attached hydrogens (tertiary/aromatic N) is 1. The largest absolute Gasteiger partial charge is 0.467 e. The molecule has 12 heteroatoms. The molecule has 1 aromatic carbocycles. The first-order valence-corrected chi connectivity index (χ1v) is 11.8. The van der Waals surface area contributed by atoms with Gasteiger partial charge in [0.25, 0.3) is 0 Å². The highest BCUT2D eigenvalue weighted by atomic mass is 32.2. The second-order valence-corrected chi connectivity index (χ2v) is 9.44. The van der Waals surface area contributed by atoms with Crippen LogP contribution in [0, 0.1) is 6.92 Å². The average Bonchev–Trinajstić information content (AvgIpc) is 3.32. The van der Waals surface area contributed by atoms with Gasteiger partial charge in [-0.1, -0.05) is 17.7 Å². The lowest BCUT2D eigenvalue weighted by Gasteiger charge is -2.27. The van der Waals surface area contributed by atoms with Crippen molar-refractivity contribution < 1.29 is 36.7 Å². The minimum Gasteiger partial charge on any atom is -0.467 e. The van der Waals surface area contributed by atoms with E-state index in [2.05, 4.69) is 10.6 Å². The summed E-state index contributed by atoms with van der Waals surface area (Å²) in [6.45, 7) is 2.46. The maximum atomic E-state index is 12.7. The Morgan fingerprint density at radius 3 is 2.47 bits per heavy atom. The molecule has 182 valence electrons. The van der Waals surface area contributed by atoms with E-state index in [1.807, 2.05) is 6.92 Å². The van der Waals surface area contributed by atoms with E-state index < -0.39 is 47.2 Å². The molecule has 2 heterocycles. The summed E-state index contributed by atoms with van der Waals surface area (Å²) in [4.78, 5) is 37.2. The number of urea groups is 1. The van der Waals surface area contributed by atoms with Crippen LogP contribution in [-0.4, -0.2) is 57.5 Å². The fraction of sp³-hybridized carbons (Fsp3) is 0.318. The summed E-state index contributed by atoms with van der Waals surface area (Å²) in [5, 5.41) is 5.02. The zero-order valence-corrected chi connectivity index (χ0v) is 19.7. The number of hydrogen-bond acceptors (Lipinski definition) is 8. The monoisotopic (exact) mass is 491 g/mol. The molecule has 1 aliphatic heterocycles. The van der Waals surface area contributed by atoms with Crippen molar-refractivity contribution in [3.8, 4) is 0 Å². The lowest BCUT2D eigenvalue weighted by molar-refractivity contribution is -0.143. The molecule has 0 unspecified atom stereocenters. The van der Waals surface area contributed by atoms with Gasteiger partial charge in [0.05, 0.1) is 29.0 Å². The van der Waals surface area contributed by atoms with Gasteiger partial charge in [-0.25, -0.2) is 18.0 Å². The smallest absolute Gasteiger partial charge is 0.338 e. The molecule has 0 saturated heterocycles. The third-order valence-electron chi connectivity index (χ3n) is 4.94. The van der Waals surface area contributed by atoms with Gasteiger partial charge in [-0.05, 0) is 38.1 Å². The fourth-order valence-corrected chi connectivity index (χ4v) is 4.32. The number of hydrogen-bond donors (Lipinski definition) is 2. The minimum absolute atomic E-state index is 0.000921. The van der Waals surface area contributed by atoms with Crippen molar-refractivity contribution in [3.63, 3.8) is 0 Å². The predicted octanol–water partition coefficient (Wildman–Crippen LogP) is 1.62. The molecule has 1 atom stereocenters. The molecule has 2 N–H and O–H groups in total. The summed E-state index contributed by atoms with van der Waals surface area (Å²) >= 11 is 0. The molecule has 1 aliphatic rings. The predicted molar refractivity (Wildman–Crippen MR) is 119 cm³/mol. The van der Waals surface area contributed by atoms with Gasteiger partial charge >= 0.3 is 18.0 Å². The molecule has 0 aliphatic carbocycles. The minimum atomic E-state index is -3.92. The number of carbonyl (C=O) groups excluding carboxylic acids is 3. The number of benzene rings is 1.